The number of halogens is 3. The van der Waals surface area contributed by atoms with Gasteiger partial charge >= 0.3 is 6.03 Å². The van der Waals surface area contributed by atoms with Crippen LogP contribution < -0.4 is 5.32 Å². The highest BCUT2D eigenvalue weighted by atomic mass is 35.5. The molecule has 1 N–H and O–H groups in total. The van der Waals surface area contributed by atoms with E-state index >= 15 is 0 Å². The normalized spacial score (nSPS) is 13.8. The maximum absolute atomic E-state index is 13.7. The second kappa shape index (κ2) is 6.49. The molecule has 4 nitrogen and oxygen atoms in total. The van der Waals surface area contributed by atoms with Crippen molar-refractivity contribution in [2.75, 3.05) is 11.9 Å². The molecule has 3 aromatic rings. The van der Waals surface area contributed by atoms with Crippen molar-refractivity contribution in [2.24, 2.45) is 7.05 Å². The molecule has 0 aliphatic carbocycles. The predicted molar refractivity (Wildman–Crippen MR) is 102 cm³/mol. The van der Waals surface area contributed by atoms with Crippen LogP contribution in [0.1, 0.15) is 11.3 Å². The number of fused-ring (bicyclic) bond motifs is 3. The molecule has 0 saturated heterocycles. The lowest BCUT2D eigenvalue weighted by Crippen LogP contribution is -2.39. The van der Waals surface area contributed by atoms with Gasteiger partial charge in [0.1, 0.15) is 5.82 Å². The Balaban J connectivity index is 1.61. The number of hydrogen-bond acceptors (Lipinski definition) is 1. The van der Waals surface area contributed by atoms with Crippen LogP contribution in [-0.4, -0.2) is 22.0 Å². The molecular formula is C19H16Cl2FN3O. The largest absolute Gasteiger partial charge is 0.347 e. The maximum atomic E-state index is 13.7. The van der Waals surface area contributed by atoms with Crippen molar-refractivity contribution in [3.05, 3.63) is 63.5 Å². The number of nitrogens with zero attached hydrogens (tertiary/aromatic N) is 2. The monoisotopic (exact) mass is 391 g/mol. The Morgan fingerprint density at radius 2 is 2.00 bits per heavy atom. The van der Waals surface area contributed by atoms with E-state index < -0.39 is 0 Å². The minimum Gasteiger partial charge on any atom is -0.347 e. The van der Waals surface area contributed by atoms with Crippen LogP contribution in [-0.2, 0) is 20.0 Å². The Hall–Kier alpha value is -2.24. The van der Waals surface area contributed by atoms with Crippen LogP contribution in [0.25, 0.3) is 10.9 Å². The van der Waals surface area contributed by atoms with E-state index in [9.17, 15) is 9.18 Å². The highest BCUT2D eigenvalue weighted by Gasteiger charge is 2.26. The Kier molecular flexibility index (Phi) is 4.29. The summed E-state index contributed by atoms with van der Waals surface area (Å²) < 4.78 is 15.8. The quantitative estimate of drug-likeness (QED) is 0.606. The van der Waals surface area contributed by atoms with Crippen LogP contribution in [0.2, 0.25) is 10.0 Å². The van der Waals surface area contributed by atoms with Gasteiger partial charge in [0.05, 0.1) is 10.7 Å². The van der Waals surface area contributed by atoms with E-state index in [0.717, 1.165) is 22.2 Å². The highest BCUT2D eigenvalue weighted by molar-refractivity contribution is 6.36. The van der Waals surface area contributed by atoms with E-state index in [2.05, 4.69) is 9.88 Å². The number of anilines is 1. The van der Waals surface area contributed by atoms with Crippen LogP contribution in [0.5, 0.6) is 0 Å². The fourth-order valence-corrected chi connectivity index (χ4v) is 3.97. The van der Waals surface area contributed by atoms with Crippen LogP contribution in [0.4, 0.5) is 14.9 Å². The van der Waals surface area contributed by atoms with E-state index in [1.807, 2.05) is 7.05 Å². The number of carbonyl (C=O) groups excluding carboxylic acids is 1. The fourth-order valence-electron chi connectivity index (χ4n) is 3.51. The molecule has 0 bridgehead atoms. The summed E-state index contributed by atoms with van der Waals surface area (Å²) in [5.74, 6) is -0.277. The Labute approximate surface area is 160 Å². The average Bonchev–Trinajstić information content (AvgIpc) is 2.89. The van der Waals surface area contributed by atoms with Gasteiger partial charge in [-0.05, 0) is 36.4 Å². The van der Waals surface area contributed by atoms with Gasteiger partial charge < -0.3 is 14.8 Å². The summed E-state index contributed by atoms with van der Waals surface area (Å²) in [5.41, 5.74) is 3.61. The number of hydrogen-bond donors (Lipinski definition) is 1. The molecule has 0 unspecified atom stereocenters. The van der Waals surface area contributed by atoms with Gasteiger partial charge in [-0.3, -0.25) is 0 Å². The zero-order valence-electron chi connectivity index (χ0n) is 14.0. The summed E-state index contributed by atoms with van der Waals surface area (Å²) in [4.78, 5) is 14.4. The molecule has 7 heteroatoms. The van der Waals surface area contributed by atoms with Crippen LogP contribution >= 0.6 is 23.2 Å². The van der Waals surface area contributed by atoms with Crippen LogP contribution in [0, 0.1) is 5.82 Å². The van der Waals surface area contributed by atoms with E-state index in [1.165, 1.54) is 12.1 Å². The van der Waals surface area contributed by atoms with Gasteiger partial charge in [-0.2, -0.15) is 0 Å². The van der Waals surface area contributed by atoms with Crippen molar-refractivity contribution >= 4 is 45.8 Å². The molecule has 2 amide bonds. The molecule has 26 heavy (non-hydrogen) atoms. The first-order valence-corrected chi connectivity index (χ1v) is 8.96. The number of urea groups is 1. The van der Waals surface area contributed by atoms with Crippen molar-refractivity contribution in [1.82, 2.24) is 9.47 Å². The van der Waals surface area contributed by atoms with Crippen molar-refractivity contribution in [3.63, 3.8) is 0 Å². The summed E-state index contributed by atoms with van der Waals surface area (Å²) >= 11 is 12.0. The molecular weight excluding hydrogens is 376 g/mol. The van der Waals surface area contributed by atoms with Crippen LogP contribution in [0.15, 0.2) is 36.4 Å². The zero-order valence-corrected chi connectivity index (χ0v) is 15.5. The molecule has 0 saturated carbocycles. The third-order valence-electron chi connectivity index (χ3n) is 4.83. The summed E-state index contributed by atoms with van der Waals surface area (Å²) in [6.45, 7) is 1.00. The Bertz CT molecular complexity index is 1030. The number of amides is 2. The first kappa shape index (κ1) is 17.2. The molecule has 2 aromatic carbocycles. The number of aromatic nitrogens is 1. The molecule has 0 spiro atoms. The Morgan fingerprint density at radius 1 is 1.19 bits per heavy atom. The molecule has 0 fully saturated rings. The summed E-state index contributed by atoms with van der Waals surface area (Å²) in [6, 6.07) is 9.46. The lowest BCUT2D eigenvalue weighted by molar-refractivity contribution is 0.206. The molecule has 0 atom stereocenters. The van der Waals surface area contributed by atoms with Crippen molar-refractivity contribution in [1.29, 1.82) is 0 Å². The molecule has 1 aromatic heterocycles. The fraction of sp³-hybridized carbons (Fsp3) is 0.211. The first-order valence-electron chi connectivity index (χ1n) is 8.20. The minimum atomic E-state index is -0.277. The van der Waals surface area contributed by atoms with Gasteiger partial charge in [-0.1, -0.05) is 23.2 Å². The molecule has 4 rings (SSSR count). The van der Waals surface area contributed by atoms with Crippen molar-refractivity contribution in [2.45, 2.75) is 13.0 Å². The van der Waals surface area contributed by atoms with E-state index in [-0.39, 0.29) is 11.8 Å². The molecule has 134 valence electrons. The van der Waals surface area contributed by atoms with Gasteiger partial charge in [0.25, 0.3) is 0 Å². The van der Waals surface area contributed by atoms with Crippen molar-refractivity contribution < 1.29 is 9.18 Å². The second-order valence-electron chi connectivity index (χ2n) is 6.37. The smallest absolute Gasteiger partial charge is 0.322 e. The van der Waals surface area contributed by atoms with Gasteiger partial charge in [0, 0.05) is 53.7 Å². The van der Waals surface area contributed by atoms with Gasteiger partial charge in [0.2, 0.25) is 0 Å². The molecule has 0 radical (unpaired) electrons. The molecule has 2 heterocycles. The predicted octanol–water partition coefficient (Wildman–Crippen LogP) is 5.21. The van der Waals surface area contributed by atoms with Crippen molar-refractivity contribution in [3.8, 4) is 0 Å². The second-order valence-corrected chi connectivity index (χ2v) is 7.22. The zero-order chi connectivity index (χ0) is 18.4. The summed E-state index contributed by atoms with van der Waals surface area (Å²) in [6.07, 6.45) is 0.712. The number of carbonyl (C=O) groups is 1. The SMILES string of the molecule is Cn1c2c(c3cc(F)ccc31)CN(C(=O)Nc1ccc(Cl)cc1Cl)CC2. The lowest BCUT2D eigenvalue weighted by atomic mass is 10.0. The Morgan fingerprint density at radius 3 is 2.77 bits per heavy atom. The standard InChI is InChI=1S/C19H16Cl2FN3O/c1-24-17-5-3-12(22)9-13(17)14-10-25(7-6-18(14)24)19(26)23-16-4-2-11(20)8-15(16)21/h2-5,8-9H,6-7,10H2,1H3,(H,23,26). The highest BCUT2D eigenvalue weighted by Crippen LogP contribution is 2.31. The van der Waals surface area contributed by atoms with Gasteiger partial charge in [0.15, 0.2) is 0 Å². The maximum Gasteiger partial charge on any atom is 0.322 e. The van der Waals surface area contributed by atoms with Crippen LogP contribution in [0.3, 0.4) is 0 Å². The number of rotatable bonds is 1. The number of nitrogens with one attached hydrogen (secondary N) is 1. The van der Waals surface area contributed by atoms with Gasteiger partial charge in [-0.15, -0.1) is 0 Å². The van der Waals surface area contributed by atoms with Gasteiger partial charge in [-0.25, -0.2) is 9.18 Å². The topological polar surface area (TPSA) is 37.3 Å². The van der Waals surface area contributed by atoms with E-state index in [4.69, 9.17) is 23.2 Å². The summed E-state index contributed by atoms with van der Waals surface area (Å²) in [5, 5.41) is 4.56. The third kappa shape index (κ3) is 2.91. The lowest BCUT2D eigenvalue weighted by Gasteiger charge is -2.28. The molecule has 1 aliphatic rings. The number of benzene rings is 2. The van der Waals surface area contributed by atoms with E-state index in [1.54, 1.807) is 29.2 Å². The first-order chi connectivity index (χ1) is 12.4. The van der Waals surface area contributed by atoms with E-state index in [0.29, 0.717) is 35.2 Å². The molecule has 1 aliphatic heterocycles. The third-order valence-corrected chi connectivity index (χ3v) is 5.37. The minimum absolute atomic E-state index is 0.242. The summed E-state index contributed by atoms with van der Waals surface area (Å²) in [7, 11) is 1.97. The number of aryl methyl sites for hydroxylation is 1. The average molecular weight is 392 g/mol.